The van der Waals surface area contributed by atoms with Gasteiger partial charge in [-0.1, -0.05) is 24.3 Å². The van der Waals surface area contributed by atoms with Crippen LogP contribution in [-0.2, 0) is 17.5 Å². The number of rotatable bonds is 3. The number of fused-ring (bicyclic) bond motifs is 2. The molecule has 3 heterocycles. The van der Waals surface area contributed by atoms with Crippen LogP contribution in [0.3, 0.4) is 0 Å². The molecule has 27 heavy (non-hydrogen) atoms. The molecule has 1 saturated heterocycles. The summed E-state index contributed by atoms with van der Waals surface area (Å²) in [5.74, 6) is -0.170. The SMILES string of the molecule is Cn1[c]nc2cc(C3(O)c4ccccc4C(=O)N3CC3CCCO3)ccc21. The highest BCUT2D eigenvalue weighted by molar-refractivity contribution is 6.00. The van der Waals surface area contributed by atoms with Crippen LogP contribution in [0.15, 0.2) is 42.5 Å². The van der Waals surface area contributed by atoms with Gasteiger partial charge >= 0.3 is 0 Å². The molecule has 1 N–H and O–H groups in total. The molecule has 5 rings (SSSR count). The summed E-state index contributed by atoms with van der Waals surface area (Å²) >= 11 is 0. The van der Waals surface area contributed by atoms with Gasteiger partial charge in [0.05, 0.1) is 23.7 Å². The van der Waals surface area contributed by atoms with Crippen LogP contribution in [0.25, 0.3) is 11.0 Å². The summed E-state index contributed by atoms with van der Waals surface area (Å²) in [6.45, 7) is 1.06. The zero-order valence-electron chi connectivity index (χ0n) is 15.1. The second-order valence-electron chi connectivity index (χ2n) is 7.24. The van der Waals surface area contributed by atoms with Gasteiger partial charge in [0.2, 0.25) is 0 Å². The van der Waals surface area contributed by atoms with Crippen molar-refractivity contribution < 1.29 is 14.6 Å². The lowest BCUT2D eigenvalue weighted by molar-refractivity contribution is -0.0673. The van der Waals surface area contributed by atoms with Crippen LogP contribution in [0, 0.1) is 6.33 Å². The highest BCUT2D eigenvalue weighted by Crippen LogP contribution is 2.43. The lowest BCUT2D eigenvalue weighted by atomic mass is 9.93. The smallest absolute Gasteiger partial charge is 0.257 e. The van der Waals surface area contributed by atoms with E-state index in [0.29, 0.717) is 29.8 Å². The Hall–Kier alpha value is -2.70. The molecule has 0 bridgehead atoms. The molecule has 2 aliphatic rings. The predicted molar refractivity (Wildman–Crippen MR) is 99.0 cm³/mol. The summed E-state index contributed by atoms with van der Waals surface area (Å²) in [6, 6.07) is 12.9. The molecule has 0 saturated carbocycles. The maximum absolute atomic E-state index is 13.1. The van der Waals surface area contributed by atoms with Gasteiger partial charge in [0.1, 0.15) is 0 Å². The van der Waals surface area contributed by atoms with E-state index >= 15 is 0 Å². The van der Waals surface area contributed by atoms with E-state index in [-0.39, 0.29) is 12.0 Å². The molecule has 0 spiro atoms. The van der Waals surface area contributed by atoms with Gasteiger partial charge in [0, 0.05) is 30.3 Å². The fraction of sp³-hybridized carbons (Fsp3) is 0.333. The maximum atomic E-state index is 13.1. The Morgan fingerprint density at radius 3 is 3.00 bits per heavy atom. The van der Waals surface area contributed by atoms with Crippen molar-refractivity contribution in [1.82, 2.24) is 14.5 Å². The molecule has 6 nitrogen and oxygen atoms in total. The van der Waals surface area contributed by atoms with Crippen molar-refractivity contribution in [3.63, 3.8) is 0 Å². The van der Waals surface area contributed by atoms with Gasteiger partial charge in [-0.05, 0) is 31.0 Å². The third-order valence-corrected chi connectivity index (χ3v) is 5.64. The van der Waals surface area contributed by atoms with Crippen LogP contribution in [0.4, 0.5) is 0 Å². The second kappa shape index (κ2) is 5.90. The van der Waals surface area contributed by atoms with E-state index in [1.165, 1.54) is 0 Å². The van der Waals surface area contributed by atoms with Gasteiger partial charge in [0.25, 0.3) is 5.91 Å². The van der Waals surface area contributed by atoms with Crippen LogP contribution in [-0.4, -0.2) is 44.7 Å². The maximum Gasteiger partial charge on any atom is 0.257 e. The van der Waals surface area contributed by atoms with E-state index < -0.39 is 5.72 Å². The fourth-order valence-electron chi connectivity index (χ4n) is 4.23. The van der Waals surface area contributed by atoms with Crippen molar-refractivity contribution in [2.45, 2.75) is 24.7 Å². The molecular weight excluding hydrogens is 342 g/mol. The molecule has 6 heteroatoms. The predicted octanol–water partition coefficient (Wildman–Crippen LogP) is 2.20. The Kier molecular flexibility index (Phi) is 3.60. The number of imidazole rings is 1. The summed E-state index contributed by atoms with van der Waals surface area (Å²) < 4.78 is 7.55. The van der Waals surface area contributed by atoms with E-state index in [1.807, 2.05) is 43.4 Å². The molecule has 2 aliphatic heterocycles. The second-order valence-corrected chi connectivity index (χ2v) is 7.24. The fourth-order valence-corrected chi connectivity index (χ4v) is 4.23. The molecule has 1 amide bonds. The molecule has 0 aliphatic carbocycles. The first-order valence-corrected chi connectivity index (χ1v) is 9.19. The van der Waals surface area contributed by atoms with E-state index in [0.717, 1.165) is 23.9 Å². The number of amides is 1. The third-order valence-electron chi connectivity index (χ3n) is 5.64. The first-order chi connectivity index (χ1) is 13.1. The van der Waals surface area contributed by atoms with Crippen LogP contribution >= 0.6 is 0 Å². The van der Waals surface area contributed by atoms with E-state index in [2.05, 4.69) is 11.3 Å². The van der Waals surface area contributed by atoms with Gasteiger partial charge in [-0.2, -0.15) is 0 Å². The lowest BCUT2D eigenvalue weighted by Gasteiger charge is -2.36. The van der Waals surface area contributed by atoms with Gasteiger partial charge in [-0.15, -0.1) is 0 Å². The zero-order valence-corrected chi connectivity index (χ0v) is 15.1. The summed E-state index contributed by atoms with van der Waals surface area (Å²) in [5, 5.41) is 11.9. The van der Waals surface area contributed by atoms with Crippen molar-refractivity contribution in [3.05, 3.63) is 65.5 Å². The largest absolute Gasteiger partial charge is 0.376 e. The van der Waals surface area contributed by atoms with Crippen molar-refractivity contribution in [3.8, 4) is 0 Å². The number of hydrogen-bond acceptors (Lipinski definition) is 4. The Morgan fingerprint density at radius 1 is 1.33 bits per heavy atom. The third kappa shape index (κ3) is 2.33. The van der Waals surface area contributed by atoms with E-state index in [9.17, 15) is 9.90 Å². The lowest BCUT2D eigenvalue weighted by Crippen LogP contribution is -2.48. The van der Waals surface area contributed by atoms with Crippen LogP contribution in [0.2, 0.25) is 0 Å². The van der Waals surface area contributed by atoms with Gasteiger partial charge in [-0.3, -0.25) is 9.69 Å². The summed E-state index contributed by atoms with van der Waals surface area (Å²) in [5.41, 5.74) is 1.88. The molecule has 2 aromatic carbocycles. The monoisotopic (exact) mass is 362 g/mol. The van der Waals surface area contributed by atoms with Gasteiger partial charge in [-0.25, -0.2) is 4.98 Å². The zero-order chi connectivity index (χ0) is 18.6. The van der Waals surface area contributed by atoms with Crippen LogP contribution in [0.5, 0.6) is 0 Å². The van der Waals surface area contributed by atoms with Crippen molar-refractivity contribution in [2.24, 2.45) is 7.05 Å². The Labute approximate surface area is 157 Å². The number of hydrogen-bond donors (Lipinski definition) is 1. The Balaban J connectivity index is 1.66. The highest BCUT2D eigenvalue weighted by Gasteiger charge is 2.50. The number of benzene rings is 2. The first kappa shape index (κ1) is 16.5. The first-order valence-electron chi connectivity index (χ1n) is 9.19. The summed E-state index contributed by atoms with van der Waals surface area (Å²) in [4.78, 5) is 19.0. The van der Waals surface area contributed by atoms with Gasteiger partial charge in [0.15, 0.2) is 12.1 Å². The minimum atomic E-state index is -1.54. The average molecular weight is 362 g/mol. The molecule has 2 unspecified atom stereocenters. The Bertz CT molecular complexity index is 1040. The number of carbonyl (C=O) groups is 1. The molecule has 3 aromatic rings. The van der Waals surface area contributed by atoms with Crippen molar-refractivity contribution in [2.75, 3.05) is 13.2 Å². The van der Waals surface area contributed by atoms with Crippen LogP contribution < -0.4 is 0 Å². The number of aryl methyl sites for hydroxylation is 1. The number of aliphatic hydroxyl groups is 1. The minimum Gasteiger partial charge on any atom is -0.376 e. The molecule has 137 valence electrons. The Morgan fingerprint density at radius 2 is 2.19 bits per heavy atom. The molecule has 1 radical (unpaired) electrons. The summed E-state index contributed by atoms with van der Waals surface area (Å²) in [7, 11) is 1.88. The van der Waals surface area contributed by atoms with Crippen molar-refractivity contribution in [1.29, 1.82) is 0 Å². The standard InChI is InChI=1S/C21H20N3O3/c1-23-13-22-18-11-14(8-9-19(18)23)21(26)17-7-3-2-6-16(17)20(25)24(21)12-15-5-4-10-27-15/h2-3,6-9,11,15,26H,4-5,10,12H2,1H3. The van der Waals surface area contributed by atoms with E-state index in [1.54, 1.807) is 15.5 Å². The average Bonchev–Trinajstić information content (AvgIpc) is 3.39. The topological polar surface area (TPSA) is 67.6 Å². The highest BCUT2D eigenvalue weighted by atomic mass is 16.5. The van der Waals surface area contributed by atoms with Gasteiger partial charge < -0.3 is 14.4 Å². The van der Waals surface area contributed by atoms with Crippen LogP contribution in [0.1, 0.15) is 34.3 Å². The quantitative estimate of drug-likeness (QED) is 0.776. The number of ether oxygens (including phenoxy) is 1. The minimum absolute atomic E-state index is 0.0540. The summed E-state index contributed by atoms with van der Waals surface area (Å²) in [6.07, 6.45) is 4.71. The molecular formula is C21H20N3O3. The molecule has 1 aromatic heterocycles. The normalized spacial score (nSPS) is 24.7. The number of nitrogens with zero attached hydrogens (tertiary/aromatic N) is 3. The number of aromatic nitrogens is 2. The van der Waals surface area contributed by atoms with E-state index in [4.69, 9.17) is 4.74 Å². The number of carbonyl (C=O) groups excluding carboxylic acids is 1. The molecule has 2 atom stereocenters. The molecule has 1 fully saturated rings. The van der Waals surface area contributed by atoms with Crippen molar-refractivity contribution >= 4 is 16.9 Å².